The van der Waals surface area contributed by atoms with Crippen molar-refractivity contribution in [3.8, 4) is 22.9 Å². The summed E-state index contributed by atoms with van der Waals surface area (Å²) in [6.07, 6.45) is 3.57. The number of aromatic nitrogens is 2. The van der Waals surface area contributed by atoms with Gasteiger partial charge in [-0.2, -0.15) is 0 Å². The summed E-state index contributed by atoms with van der Waals surface area (Å²) in [5.74, 6) is 2.40. The molecule has 0 saturated carbocycles. The molecule has 1 aromatic heterocycles. The lowest BCUT2D eigenvalue weighted by atomic mass is 10.1. The maximum absolute atomic E-state index is 10.2. The molecule has 0 unspecified atom stereocenters. The van der Waals surface area contributed by atoms with Crippen LogP contribution < -0.4 is 9.64 Å². The molecule has 5 nitrogen and oxygen atoms in total. The lowest BCUT2D eigenvalue weighted by molar-refractivity contribution is 0.419. The topological polar surface area (TPSA) is 58.5 Å². The SMILES string of the molecule is COc1cccc2nc(-c3ccccc3O)nc(N3CCCCC3)c12. The van der Waals surface area contributed by atoms with Crippen molar-refractivity contribution in [1.82, 2.24) is 9.97 Å². The van der Waals surface area contributed by atoms with Crippen molar-refractivity contribution in [2.24, 2.45) is 0 Å². The van der Waals surface area contributed by atoms with E-state index in [1.54, 1.807) is 19.2 Å². The Morgan fingerprint density at radius 1 is 0.960 bits per heavy atom. The zero-order valence-electron chi connectivity index (χ0n) is 14.3. The summed E-state index contributed by atoms with van der Waals surface area (Å²) in [4.78, 5) is 11.8. The minimum atomic E-state index is 0.189. The molecule has 1 fully saturated rings. The fraction of sp³-hybridized carbons (Fsp3) is 0.300. The molecule has 5 heteroatoms. The van der Waals surface area contributed by atoms with Gasteiger partial charge in [0.1, 0.15) is 17.3 Å². The molecular formula is C20H21N3O2. The van der Waals surface area contributed by atoms with Crippen LogP contribution in [0.15, 0.2) is 42.5 Å². The fourth-order valence-corrected chi connectivity index (χ4v) is 3.42. The van der Waals surface area contributed by atoms with Crippen molar-refractivity contribution in [3.63, 3.8) is 0 Å². The van der Waals surface area contributed by atoms with E-state index in [4.69, 9.17) is 14.7 Å². The summed E-state index contributed by atoms with van der Waals surface area (Å²) >= 11 is 0. The van der Waals surface area contributed by atoms with E-state index < -0.39 is 0 Å². The van der Waals surface area contributed by atoms with Crippen LogP contribution in [-0.4, -0.2) is 35.3 Å². The Labute approximate surface area is 146 Å². The molecule has 0 aliphatic carbocycles. The quantitative estimate of drug-likeness (QED) is 0.784. The van der Waals surface area contributed by atoms with E-state index in [1.807, 2.05) is 30.3 Å². The van der Waals surface area contributed by atoms with Crippen LogP contribution in [0.4, 0.5) is 5.82 Å². The summed E-state index contributed by atoms with van der Waals surface area (Å²) < 4.78 is 5.57. The summed E-state index contributed by atoms with van der Waals surface area (Å²) in [5.41, 5.74) is 1.47. The number of benzene rings is 2. The summed E-state index contributed by atoms with van der Waals surface area (Å²) in [6.45, 7) is 1.95. The Morgan fingerprint density at radius 3 is 2.52 bits per heavy atom. The van der Waals surface area contributed by atoms with E-state index in [1.165, 1.54) is 6.42 Å². The van der Waals surface area contributed by atoms with Crippen LogP contribution in [0.3, 0.4) is 0 Å². The minimum Gasteiger partial charge on any atom is -0.507 e. The van der Waals surface area contributed by atoms with E-state index in [0.717, 1.165) is 48.4 Å². The standard InChI is InChI=1S/C20H21N3O2/c1-25-17-11-7-9-15-18(17)20(23-12-5-2-6-13-23)22-19(21-15)14-8-3-4-10-16(14)24/h3-4,7-11,24H,2,5-6,12-13H2,1H3. The number of phenols is 1. The first-order valence-electron chi connectivity index (χ1n) is 8.66. The van der Waals surface area contributed by atoms with Crippen molar-refractivity contribution in [1.29, 1.82) is 0 Å². The number of methoxy groups -OCH3 is 1. The molecule has 1 saturated heterocycles. The fourth-order valence-electron chi connectivity index (χ4n) is 3.42. The first-order chi connectivity index (χ1) is 12.3. The Balaban J connectivity index is 1.96. The van der Waals surface area contributed by atoms with Gasteiger partial charge < -0.3 is 14.7 Å². The number of hydrogen-bond acceptors (Lipinski definition) is 5. The molecule has 0 atom stereocenters. The number of phenolic OH excluding ortho intramolecular Hbond substituents is 1. The molecule has 0 amide bonds. The Kier molecular flexibility index (Phi) is 4.14. The third kappa shape index (κ3) is 2.86. The highest BCUT2D eigenvalue weighted by Gasteiger charge is 2.20. The molecule has 1 N–H and O–H groups in total. The van der Waals surface area contributed by atoms with E-state index in [-0.39, 0.29) is 5.75 Å². The maximum Gasteiger partial charge on any atom is 0.165 e. The molecule has 0 radical (unpaired) electrons. The van der Waals surface area contributed by atoms with E-state index >= 15 is 0 Å². The van der Waals surface area contributed by atoms with Crippen molar-refractivity contribution in [3.05, 3.63) is 42.5 Å². The smallest absolute Gasteiger partial charge is 0.165 e. The number of aromatic hydroxyl groups is 1. The maximum atomic E-state index is 10.2. The molecule has 25 heavy (non-hydrogen) atoms. The van der Waals surface area contributed by atoms with Gasteiger partial charge in [-0.1, -0.05) is 18.2 Å². The van der Waals surface area contributed by atoms with Crippen LogP contribution in [0.2, 0.25) is 0 Å². The number of para-hydroxylation sites is 1. The predicted octanol–water partition coefficient (Wildman–Crippen LogP) is 4.00. The first-order valence-corrected chi connectivity index (χ1v) is 8.66. The minimum absolute atomic E-state index is 0.189. The second-order valence-corrected chi connectivity index (χ2v) is 6.29. The van der Waals surface area contributed by atoms with Crippen molar-refractivity contribution in [2.75, 3.05) is 25.1 Å². The van der Waals surface area contributed by atoms with Crippen LogP contribution in [-0.2, 0) is 0 Å². The summed E-state index contributed by atoms with van der Waals surface area (Å²) in [6, 6.07) is 13.0. The van der Waals surface area contributed by atoms with Gasteiger partial charge in [-0.05, 0) is 43.5 Å². The molecule has 128 valence electrons. The number of piperidine rings is 1. The van der Waals surface area contributed by atoms with Crippen molar-refractivity contribution >= 4 is 16.7 Å². The van der Waals surface area contributed by atoms with Crippen LogP contribution >= 0.6 is 0 Å². The second-order valence-electron chi connectivity index (χ2n) is 6.29. The van der Waals surface area contributed by atoms with Crippen LogP contribution in [0.1, 0.15) is 19.3 Å². The number of rotatable bonds is 3. The van der Waals surface area contributed by atoms with Gasteiger partial charge in [0, 0.05) is 13.1 Å². The highest BCUT2D eigenvalue weighted by Crippen LogP contribution is 2.36. The lowest BCUT2D eigenvalue weighted by Gasteiger charge is -2.29. The normalized spacial score (nSPS) is 14.7. The van der Waals surface area contributed by atoms with Gasteiger partial charge in [0.15, 0.2) is 5.82 Å². The molecule has 2 aromatic carbocycles. The first kappa shape index (κ1) is 15.7. The van der Waals surface area contributed by atoms with E-state index in [9.17, 15) is 5.11 Å². The summed E-state index contributed by atoms with van der Waals surface area (Å²) in [7, 11) is 1.67. The number of ether oxygens (including phenoxy) is 1. The molecule has 4 rings (SSSR count). The zero-order chi connectivity index (χ0) is 17.2. The van der Waals surface area contributed by atoms with E-state index in [2.05, 4.69) is 4.90 Å². The van der Waals surface area contributed by atoms with Gasteiger partial charge in [-0.25, -0.2) is 9.97 Å². The van der Waals surface area contributed by atoms with Gasteiger partial charge in [-0.15, -0.1) is 0 Å². The Morgan fingerprint density at radius 2 is 1.76 bits per heavy atom. The number of anilines is 1. The molecular weight excluding hydrogens is 314 g/mol. The van der Waals surface area contributed by atoms with Crippen molar-refractivity contribution in [2.45, 2.75) is 19.3 Å². The Bertz CT molecular complexity index is 905. The number of nitrogens with zero attached hydrogens (tertiary/aromatic N) is 3. The van der Waals surface area contributed by atoms with Gasteiger partial charge >= 0.3 is 0 Å². The molecule has 3 aromatic rings. The van der Waals surface area contributed by atoms with Crippen LogP contribution in [0.25, 0.3) is 22.3 Å². The third-order valence-electron chi connectivity index (χ3n) is 4.69. The highest BCUT2D eigenvalue weighted by atomic mass is 16.5. The van der Waals surface area contributed by atoms with Gasteiger partial charge in [0.05, 0.1) is 23.6 Å². The van der Waals surface area contributed by atoms with Crippen molar-refractivity contribution < 1.29 is 9.84 Å². The molecule has 1 aliphatic heterocycles. The van der Waals surface area contributed by atoms with Gasteiger partial charge in [-0.3, -0.25) is 0 Å². The Hall–Kier alpha value is -2.82. The molecule has 2 heterocycles. The average Bonchev–Trinajstić information content (AvgIpc) is 2.67. The predicted molar refractivity (Wildman–Crippen MR) is 99.3 cm³/mol. The summed E-state index contributed by atoms with van der Waals surface area (Å²) in [5, 5.41) is 11.2. The zero-order valence-corrected chi connectivity index (χ0v) is 14.3. The average molecular weight is 335 g/mol. The monoisotopic (exact) mass is 335 g/mol. The van der Waals surface area contributed by atoms with E-state index in [0.29, 0.717) is 11.4 Å². The lowest BCUT2D eigenvalue weighted by Crippen LogP contribution is -2.30. The van der Waals surface area contributed by atoms with Crippen LogP contribution in [0.5, 0.6) is 11.5 Å². The highest BCUT2D eigenvalue weighted by molar-refractivity contribution is 5.96. The van der Waals surface area contributed by atoms with Crippen LogP contribution in [0, 0.1) is 0 Å². The largest absolute Gasteiger partial charge is 0.507 e. The molecule has 1 aliphatic rings. The number of hydrogen-bond donors (Lipinski definition) is 1. The van der Waals surface area contributed by atoms with Gasteiger partial charge in [0.2, 0.25) is 0 Å². The molecule has 0 spiro atoms. The van der Waals surface area contributed by atoms with Gasteiger partial charge in [0.25, 0.3) is 0 Å². The third-order valence-corrected chi connectivity index (χ3v) is 4.69. The molecule has 0 bridgehead atoms. The number of fused-ring (bicyclic) bond motifs is 1. The second kappa shape index (κ2) is 6.59.